The lowest BCUT2D eigenvalue weighted by Gasteiger charge is -2.34. The predicted octanol–water partition coefficient (Wildman–Crippen LogP) is 4.73. The fourth-order valence-electron chi connectivity index (χ4n) is 2.41. The molecule has 1 atom stereocenters. The maximum absolute atomic E-state index is 14.0. The van der Waals surface area contributed by atoms with Gasteiger partial charge in [-0.1, -0.05) is 30.3 Å². The van der Waals surface area contributed by atoms with Crippen molar-refractivity contribution in [1.82, 2.24) is 5.32 Å². The highest BCUT2D eigenvalue weighted by atomic mass is 19.4. The van der Waals surface area contributed by atoms with Crippen LogP contribution in [-0.4, -0.2) is 30.5 Å². The molecule has 2 rings (SSSR count). The first-order valence-corrected chi connectivity index (χ1v) is 8.64. The van der Waals surface area contributed by atoms with Crippen molar-refractivity contribution in [1.29, 1.82) is 0 Å². The Labute approximate surface area is 172 Å². The van der Waals surface area contributed by atoms with Crippen LogP contribution in [0, 0.1) is 0 Å². The zero-order valence-electron chi connectivity index (χ0n) is 15.8. The molecule has 0 aliphatic carbocycles. The normalized spacial score (nSPS) is 13.6. The lowest BCUT2D eigenvalue weighted by atomic mass is 10.1. The summed E-state index contributed by atoms with van der Waals surface area (Å²) in [5.74, 6) is -2.46. The average molecular weight is 450 g/mol. The highest BCUT2D eigenvalue weighted by Gasteiger charge is 2.66. The molecule has 0 spiro atoms. The molecule has 0 unspecified atom stereocenters. The molecule has 12 heteroatoms. The average Bonchev–Trinajstić information content (AvgIpc) is 2.67. The molecule has 0 bridgehead atoms. The Bertz CT molecular complexity index is 918. The van der Waals surface area contributed by atoms with Crippen molar-refractivity contribution in [2.45, 2.75) is 25.0 Å². The third-order valence-corrected chi connectivity index (χ3v) is 3.75. The number of urea groups is 1. The van der Waals surface area contributed by atoms with Gasteiger partial charge in [-0.2, -0.15) is 26.3 Å². The third kappa shape index (κ3) is 5.58. The van der Waals surface area contributed by atoms with Crippen LogP contribution in [0.5, 0.6) is 5.75 Å². The van der Waals surface area contributed by atoms with Gasteiger partial charge in [0.05, 0.1) is 17.9 Å². The van der Waals surface area contributed by atoms with Crippen LogP contribution < -0.4 is 15.4 Å². The number of hydrogen-bond donors (Lipinski definition) is 2. The summed E-state index contributed by atoms with van der Waals surface area (Å²) in [6.07, 6.45) is -10.4. The molecule has 0 fully saturated rings. The molecule has 6 nitrogen and oxygen atoms in total. The minimum atomic E-state index is -5.55. The molecule has 0 aromatic heterocycles. The number of hydrogen-bond acceptors (Lipinski definition) is 4. The number of alkyl halides is 6. The summed E-state index contributed by atoms with van der Waals surface area (Å²) in [5, 5.41) is 2.96. The summed E-state index contributed by atoms with van der Waals surface area (Å²) in [6, 6.07) is 8.08. The number of ether oxygens (including phenoxy) is 2. The van der Waals surface area contributed by atoms with Gasteiger partial charge in [0.1, 0.15) is 5.75 Å². The molecule has 0 heterocycles. The van der Waals surface area contributed by atoms with E-state index in [0.717, 1.165) is 30.3 Å². The third-order valence-electron chi connectivity index (χ3n) is 3.75. The maximum Gasteiger partial charge on any atom is 0.460 e. The molecule has 2 amide bonds. The van der Waals surface area contributed by atoms with Crippen molar-refractivity contribution in [2.24, 2.45) is 0 Å². The number of anilines is 1. The number of carbonyl (C=O) groups is 2. The Morgan fingerprint density at radius 2 is 1.48 bits per heavy atom. The molecular weight excluding hydrogens is 434 g/mol. The van der Waals surface area contributed by atoms with Gasteiger partial charge in [0, 0.05) is 0 Å². The number of nitrogens with one attached hydrogen (secondary N) is 2. The zero-order valence-corrected chi connectivity index (χ0v) is 15.8. The van der Waals surface area contributed by atoms with Crippen molar-refractivity contribution in [3.8, 4) is 5.75 Å². The number of esters is 1. The van der Waals surface area contributed by atoms with E-state index < -0.39 is 53.7 Å². The summed E-state index contributed by atoms with van der Waals surface area (Å²) in [6.45, 7) is 0.732. The van der Waals surface area contributed by atoms with Gasteiger partial charge in [0.25, 0.3) is 0 Å². The van der Waals surface area contributed by atoms with Crippen LogP contribution in [-0.2, 0) is 15.7 Å². The molecule has 0 saturated carbocycles. The SMILES string of the molecule is CCOC(=O)[C@@](NC(=O)Nc1ccccc1C(F)(F)F)(Oc1ccccc1)C(F)(F)F. The van der Waals surface area contributed by atoms with Gasteiger partial charge in [-0.25, -0.2) is 9.59 Å². The lowest BCUT2D eigenvalue weighted by Crippen LogP contribution is -2.69. The van der Waals surface area contributed by atoms with E-state index in [9.17, 15) is 35.9 Å². The number of carbonyl (C=O) groups excluding carboxylic acids is 2. The largest absolute Gasteiger partial charge is 0.461 e. The van der Waals surface area contributed by atoms with E-state index in [1.54, 1.807) is 5.32 Å². The molecule has 31 heavy (non-hydrogen) atoms. The monoisotopic (exact) mass is 450 g/mol. The smallest absolute Gasteiger partial charge is 0.460 e. The van der Waals surface area contributed by atoms with Crippen molar-refractivity contribution in [3.63, 3.8) is 0 Å². The van der Waals surface area contributed by atoms with E-state index in [1.807, 2.05) is 0 Å². The van der Waals surface area contributed by atoms with E-state index in [1.165, 1.54) is 30.4 Å². The Hall–Kier alpha value is -3.44. The van der Waals surface area contributed by atoms with Gasteiger partial charge in [-0.05, 0) is 31.2 Å². The van der Waals surface area contributed by atoms with Crippen molar-refractivity contribution < 1.29 is 45.4 Å². The number of benzene rings is 2. The van der Waals surface area contributed by atoms with Gasteiger partial charge >= 0.3 is 30.1 Å². The van der Waals surface area contributed by atoms with E-state index in [0.29, 0.717) is 6.07 Å². The van der Waals surface area contributed by atoms with Crippen LogP contribution >= 0.6 is 0 Å². The number of rotatable bonds is 6. The van der Waals surface area contributed by atoms with E-state index in [2.05, 4.69) is 4.74 Å². The molecular formula is C19H16F6N2O4. The van der Waals surface area contributed by atoms with Gasteiger partial charge in [-0.15, -0.1) is 0 Å². The van der Waals surface area contributed by atoms with E-state index in [-0.39, 0.29) is 0 Å². The number of para-hydroxylation sites is 2. The molecule has 0 saturated heterocycles. The highest BCUT2D eigenvalue weighted by molar-refractivity contribution is 5.95. The molecule has 0 aliphatic rings. The predicted molar refractivity (Wildman–Crippen MR) is 96.1 cm³/mol. The molecule has 2 N–H and O–H groups in total. The summed E-state index contributed by atoms with van der Waals surface area (Å²) in [5.41, 5.74) is -6.16. The molecule has 0 radical (unpaired) electrons. The molecule has 168 valence electrons. The Morgan fingerprint density at radius 1 is 0.903 bits per heavy atom. The second-order valence-corrected chi connectivity index (χ2v) is 5.94. The molecule has 0 aliphatic heterocycles. The van der Waals surface area contributed by atoms with Crippen molar-refractivity contribution >= 4 is 17.7 Å². The van der Waals surface area contributed by atoms with Gasteiger partial charge in [0.2, 0.25) is 0 Å². The lowest BCUT2D eigenvalue weighted by molar-refractivity contribution is -0.259. The Morgan fingerprint density at radius 3 is 2.03 bits per heavy atom. The minimum absolute atomic E-state index is 0.455. The van der Waals surface area contributed by atoms with Gasteiger partial charge < -0.3 is 14.8 Å². The van der Waals surface area contributed by atoms with Crippen molar-refractivity contribution in [2.75, 3.05) is 11.9 Å². The number of amides is 2. The standard InChI is InChI=1S/C19H16F6N2O4/c1-2-30-15(28)17(19(23,24)25,31-12-8-4-3-5-9-12)27-16(29)26-14-11-7-6-10-13(14)18(20,21)22/h3-11H,2H2,1H3,(H2,26,27,29)/t17-/m1/s1. The van der Waals surface area contributed by atoms with Crippen LogP contribution in [0.15, 0.2) is 54.6 Å². The van der Waals surface area contributed by atoms with Crippen LogP contribution in [0.25, 0.3) is 0 Å². The van der Waals surface area contributed by atoms with Gasteiger partial charge in [-0.3, -0.25) is 5.32 Å². The van der Waals surface area contributed by atoms with Crippen LogP contribution in [0.2, 0.25) is 0 Å². The Balaban J connectivity index is 2.43. The number of halogens is 6. The molecule has 2 aromatic rings. The zero-order chi connectivity index (χ0) is 23.3. The summed E-state index contributed by atoms with van der Waals surface area (Å²) < 4.78 is 90.4. The van der Waals surface area contributed by atoms with Crippen LogP contribution in [0.1, 0.15) is 12.5 Å². The van der Waals surface area contributed by atoms with Gasteiger partial charge in [0.15, 0.2) is 0 Å². The molecule has 2 aromatic carbocycles. The summed E-state index contributed by atoms with van der Waals surface area (Å²) in [7, 11) is 0. The van der Waals surface area contributed by atoms with Crippen LogP contribution in [0.4, 0.5) is 36.8 Å². The fraction of sp³-hybridized carbons (Fsp3) is 0.263. The highest BCUT2D eigenvalue weighted by Crippen LogP contribution is 2.36. The second kappa shape index (κ2) is 9.14. The van der Waals surface area contributed by atoms with Crippen molar-refractivity contribution in [3.05, 3.63) is 60.2 Å². The summed E-state index contributed by atoms with van der Waals surface area (Å²) >= 11 is 0. The minimum Gasteiger partial charge on any atom is -0.461 e. The fourth-order valence-corrected chi connectivity index (χ4v) is 2.41. The van der Waals surface area contributed by atoms with E-state index in [4.69, 9.17) is 4.74 Å². The van der Waals surface area contributed by atoms with E-state index >= 15 is 0 Å². The first-order valence-electron chi connectivity index (χ1n) is 8.64. The first kappa shape index (κ1) is 23.8. The quantitative estimate of drug-likeness (QED) is 0.379. The first-order chi connectivity index (χ1) is 14.4. The Kier molecular flexibility index (Phi) is 7.03. The maximum atomic E-state index is 14.0. The summed E-state index contributed by atoms with van der Waals surface area (Å²) in [4.78, 5) is 24.5. The topological polar surface area (TPSA) is 76.7 Å². The van der Waals surface area contributed by atoms with Crippen LogP contribution in [0.3, 0.4) is 0 Å². The second-order valence-electron chi connectivity index (χ2n) is 5.94.